The van der Waals surface area contributed by atoms with Crippen LogP contribution in [0.3, 0.4) is 0 Å². The van der Waals surface area contributed by atoms with Gasteiger partial charge < -0.3 is 19.4 Å². The van der Waals surface area contributed by atoms with Crippen LogP contribution in [-0.4, -0.2) is 32.2 Å². The van der Waals surface area contributed by atoms with Crippen molar-refractivity contribution in [1.29, 1.82) is 0 Å². The lowest BCUT2D eigenvalue weighted by Gasteiger charge is -2.18. The highest BCUT2D eigenvalue weighted by molar-refractivity contribution is 6.31. The molecule has 0 radical (unpaired) electrons. The van der Waals surface area contributed by atoms with E-state index in [1.165, 1.54) is 0 Å². The van der Waals surface area contributed by atoms with Gasteiger partial charge in [0.2, 0.25) is 0 Å². The largest absolute Gasteiger partial charge is 0.496 e. The van der Waals surface area contributed by atoms with Crippen molar-refractivity contribution in [2.24, 2.45) is 5.16 Å². The Kier molecular flexibility index (Phi) is 5.57. The Balaban J connectivity index is 2.84. The predicted octanol–water partition coefficient (Wildman–Crippen LogP) is 4.54. The summed E-state index contributed by atoms with van der Waals surface area (Å²) in [5, 5.41) is 13.0. The van der Waals surface area contributed by atoms with Crippen LogP contribution in [0.4, 0.5) is 0 Å². The number of ether oxygens (including phenoxy) is 3. The number of oxime groups is 1. The molecule has 0 aromatic heterocycles. The second-order valence-electron chi connectivity index (χ2n) is 5.25. The Morgan fingerprint density at radius 3 is 2.17 bits per heavy atom. The molecule has 6 heteroatoms. The molecule has 0 saturated carbocycles. The number of rotatable bonds is 5. The van der Waals surface area contributed by atoms with E-state index >= 15 is 0 Å². The molecule has 0 atom stereocenters. The molecule has 128 valence electrons. The highest BCUT2D eigenvalue weighted by atomic mass is 35.5. The summed E-state index contributed by atoms with van der Waals surface area (Å²) in [6, 6.07) is 7.31. The van der Waals surface area contributed by atoms with Crippen molar-refractivity contribution in [3.63, 3.8) is 0 Å². The smallest absolute Gasteiger partial charge is 0.168 e. The first kappa shape index (κ1) is 17.9. The van der Waals surface area contributed by atoms with Crippen molar-refractivity contribution in [3.05, 3.63) is 40.4 Å². The van der Waals surface area contributed by atoms with Gasteiger partial charge in [0.05, 0.1) is 27.0 Å². The van der Waals surface area contributed by atoms with Crippen LogP contribution in [0.1, 0.15) is 18.1 Å². The molecular formula is C18H20ClNO4. The molecule has 2 aromatic carbocycles. The van der Waals surface area contributed by atoms with Crippen LogP contribution < -0.4 is 14.2 Å². The van der Waals surface area contributed by atoms with Crippen molar-refractivity contribution in [2.75, 3.05) is 21.3 Å². The fourth-order valence-corrected chi connectivity index (χ4v) is 2.63. The van der Waals surface area contributed by atoms with E-state index < -0.39 is 0 Å². The number of methoxy groups -OCH3 is 3. The molecular weight excluding hydrogens is 330 g/mol. The summed E-state index contributed by atoms with van der Waals surface area (Å²) in [5.74, 6) is 1.70. The average Bonchev–Trinajstić information content (AvgIpc) is 2.61. The molecule has 1 N–H and O–H groups in total. The van der Waals surface area contributed by atoms with Gasteiger partial charge in [-0.15, -0.1) is 0 Å². The van der Waals surface area contributed by atoms with Crippen molar-refractivity contribution >= 4 is 17.3 Å². The van der Waals surface area contributed by atoms with Crippen molar-refractivity contribution < 1.29 is 19.4 Å². The van der Waals surface area contributed by atoms with E-state index in [0.717, 1.165) is 16.7 Å². The summed E-state index contributed by atoms with van der Waals surface area (Å²) < 4.78 is 16.5. The zero-order chi connectivity index (χ0) is 17.9. The van der Waals surface area contributed by atoms with Gasteiger partial charge in [-0.2, -0.15) is 0 Å². The van der Waals surface area contributed by atoms with Crippen LogP contribution in [0.25, 0.3) is 11.1 Å². The first-order chi connectivity index (χ1) is 11.5. The Morgan fingerprint density at radius 1 is 0.958 bits per heavy atom. The molecule has 2 rings (SSSR count). The Hall–Kier alpha value is -2.40. The average molecular weight is 350 g/mol. The third-order valence-corrected chi connectivity index (χ3v) is 4.22. The Morgan fingerprint density at radius 2 is 1.62 bits per heavy atom. The number of hydrogen-bond donors (Lipinski definition) is 1. The molecule has 0 fully saturated rings. The maximum atomic E-state index is 9.09. The lowest BCUT2D eigenvalue weighted by Crippen LogP contribution is -2.01. The molecule has 0 heterocycles. The van der Waals surface area contributed by atoms with E-state index in [1.807, 2.05) is 19.1 Å². The highest BCUT2D eigenvalue weighted by Gasteiger charge is 2.19. The number of benzene rings is 2. The maximum Gasteiger partial charge on any atom is 0.168 e. The second-order valence-corrected chi connectivity index (χ2v) is 5.65. The predicted molar refractivity (Wildman–Crippen MR) is 95.3 cm³/mol. The molecule has 0 aliphatic carbocycles. The lowest BCUT2D eigenvalue weighted by atomic mass is 9.97. The summed E-state index contributed by atoms with van der Waals surface area (Å²) >= 11 is 6.20. The topological polar surface area (TPSA) is 60.3 Å². The molecule has 0 aliphatic heterocycles. The van der Waals surface area contributed by atoms with E-state index in [2.05, 4.69) is 5.16 Å². The monoisotopic (exact) mass is 349 g/mol. The van der Waals surface area contributed by atoms with Crippen LogP contribution in [-0.2, 0) is 0 Å². The van der Waals surface area contributed by atoms with E-state index in [1.54, 1.807) is 40.4 Å². The summed E-state index contributed by atoms with van der Waals surface area (Å²) in [6.07, 6.45) is 0. The fourth-order valence-electron chi connectivity index (χ4n) is 2.47. The Labute approximate surface area is 146 Å². The van der Waals surface area contributed by atoms with Crippen LogP contribution >= 0.6 is 11.6 Å². The summed E-state index contributed by atoms with van der Waals surface area (Å²) in [4.78, 5) is 0. The number of halogens is 1. The molecule has 0 unspecified atom stereocenters. The highest BCUT2D eigenvalue weighted by Crippen LogP contribution is 2.44. The van der Waals surface area contributed by atoms with Gasteiger partial charge >= 0.3 is 0 Å². The first-order valence-electron chi connectivity index (χ1n) is 7.26. The molecule has 0 aliphatic rings. The molecule has 0 amide bonds. The van der Waals surface area contributed by atoms with Gasteiger partial charge in [-0.3, -0.25) is 0 Å². The minimum absolute atomic E-state index is 0.460. The zero-order valence-electron chi connectivity index (χ0n) is 14.3. The third-order valence-electron chi connectivity index (χ3n) is 3.82. The van der Waals surface area contributed by atoms with E-state index in [0.29, 0.717) is 33.5 Å². The maximum absolute atomic E-state index is 9.09. The van der Waals surface area contributed by atoms with Gasteiger partial charge in [-0.25, -0.2) is 0 Å². The molecule has 0 spiro atoms. The molecule has 2 aromatic rings. The van der Waals surface area contributed by atoms with Crippen molar-refractivity contribution in [2.45, 2.75) is 13.8 Å². The standard InChI is InChI=1S/C18H20ClNO4/c1-10-6-13(16(22-3)9-15(10)19)14-7-12(11(2)20-21)8-17(23-4)18(14)24-5/h6-9,21H,1-5H3/b20-11+. The normalized spacial score (nSPS) is 11.3. The summed E-state index contributed by atoms with van der Waals surface area (Å²) in [7, 11) is 4.71. The van der Waals surface area contributed by atoms with Gasteiger partial charge in [0.15, 0.2) is 11.5 Å². The van der Waals surface area contributed by atoms with E-state index in [-0.39, 0.29) is 0 Å². The summed E-state index contributed by atoms with van der Waals surface area (Å²) in [6.45, 7) is 3.62. The molecule has 5 nitrogen and oxygen atoms in total. The van der Waals surface area contributed by atoms with Gasteiger partial charge in [0.1, 0.15) is 5.75 Å². The van der Waals surface area contributed by atoms with Crippen molar-refractivity contribution in [1.82, 2.24) is 0 Å². The van der Waals surface area contributed by atoms with E-state index in [4.69, 9.17) is 31.0 Å². The number of nitrogens with zero attached hydrogens (tertiary/aromatic N) is 1. The molecule has 0 saturated heterocycles. The third kappa shape index (κ3) is 3.26. The van der Waals surface area contributed by atoms with Gasteiger partial charge in [-0.05, 0) is 43.7 Å². The number of hydrogen-bond acceptors (Lipinski definition) is 5. The minimum atomic E-state index is 0.460. The van der Waals surface area contributed by atoms with E-state index in [9.17, 15) is 0 Å². The van der Waals surface area contributed by atoms with Crippen LogP contribution in [0.5, 0.6) is 17.2 Å². The summed E-state index contributed by atoms with van der Waals surface area (Å²) in [5.41, 5.74) is 3.64. The van der Waals surface area contributed by atoms with Gasteiger partial charge in [0.25, 0.3) is 0 Å². The number of aryl methyl sites for hydroxylation is 1. The van der Waals surface area contributed by atoms with Gasteiger partial charge in [0, 0.05) is 21.7 Å². The molecule has 0 bridgehead atoms. The lowest BCUT2D eigenvalue weighted by molar-refractivity contribution is 0.319. The zero-order valence-corrected chi connectivity index (χ0v) is 15.1. The minimum Gasteiger partial charge on any atom is -0.496 e. The SMILES string of the molecule is COc1cc(Cl)c(C)cc1-c1cc(/C(C)=N/O)cc(OC)c1OC. The second kappa shape index (κ2) is 7.45. The molecule has 24 heavy (non-hydrogen) atoms. The Bertz CT molecular complexity index is 787. The fraction of sp³-hybridized carbons (Fsp3) is 0.278. The van der Waals surface area contributed by atoms with Gasteiger partial charge in [-0.1, -0.05) is 16.8 Å². The van der Waals surface area contributed by atoms with Crippen LogP contribution in [0, 0.1) is 6.92 Å². The first-order valence-corrected chi connectivity index (χ1v) is 7.64. The van der Waals surface area contributed by atoms with Crippen molar-refractivity contribution in [3.8, 4) is 28.4 Å². The quantitative estimate of drug-likeness (QED) is 0.489. The van der Waals surface area contributed by atoms with Crippen LogP contribution in [0.2, 0.25) is 5.02 Å². The van der Waals surface area contributed by atoms with Crippen LogP contribution in [0.15, 0.2) is 29.4 Å².